The molecule has 58 heavy (non-hydrogen) atoms. The number of quaternary nitrogens is 1. The molecule has 0 fully saturated rings. The molecular formula is C50H91NO7. The van der Waals surface area contributed by atoms with Crippen molar-refractivity contribution >= 4 is 17.9 Å². The first-order valence-electron chi connectivity index (χ1n) is 24.0. The maximum atomic E-state index is 12.7. The van der Waals surface area contributed by atoms with E-state index < -0.39 is 18.1 Å². The van der Waals surface area contributed by atoms with Crippen LogP contribution in [0.3, 0.4) is 0 Å². The lowest BCUT2D eigenvalue weighted by molar-refractivity contribution is -0.889. The number of carbonyl (C=O) groups is 3. The highest BCUT2D eigenvalue weighted by atomic mass is 16.6. The second kappa shape index (κ2) is 41.3. The Kier molecular flexibility index (Phi) is 39.5. The summed E-state index contributed by atoms with van der Waals surface area (Å²) in [6.45, 7) is 4.64. The smallest absolute Gasteiger partial charge is 0.306 e. The number of nitrogens with zero attached hydrogens (tertiary/aromatic N) is 1. The Morgan fingerprint density at radius 1 is 0.517 bits per heavy atom. The van der Waals surface area contributed by atoms with Gasteiger partial charge in [0.2, 0.25) is 0 Å². The van der Waals surface area contributed by atoms with Gasteiger partial charge in [-0.3, -0.25) is 9.59 Å². The summed E-state index contributed by atoms with van der Waals surface area (Å²) in [4.78, 5) is 36.9. The highest BCUT2D eigenvalue weighted by Crippen LogP contribution is 2.14. The lowest BCUT2D eigenvalue weighted by Gasteiger charge is -2.34. The van der Waals surface area contributed by atoms with E-state index in [-0.39, 0.29) is 42.7 Å². The van der Waals surface area contributed by atoms with Crippen molar-refractivity contribution in [3.8, 4) is 0 Å². The first-order chi connectivity index (χ1) is 28.1. The average molecular weight is 818 g/mol. The van der Waals surface area contributed by atoms with E-state index in [0.29, 0.717) is 12.8 Å². The Bertz CT molecular complexity index is 1050. The topological polar surface area (TPSA) is 102 Å². The van der Waals surface area contributed by atoms with Crippen LogP contribution in [0.2, 0.25) is 0 Å². The highest BCUT2D eigenvalue weighted by Gasteiger charge is 2.25. The third-order valence-corrected chi connectivity index (χ3v) is 10.7. The lowest BCUT2D eigenvalue weighted by atomic mass is 10.1. The number of esters is 2. The molecular weight excluding hydrogens is 727 g/mol. The molecule has 0 aliphatic rings. The first kappa shape index (κ1) is 55.5. The van der Waals surface area contributed by atoms with E-state index in [1.54, 1.807) is 21.1 Å². The summed E-state index contributed by atoms with van der Waals surface area (Å²) in [6, 6.07) is -0.728. The lowest BCUT2D eigenvalue weighted by Crippen LogP contribution is -2.55. The van der Waals surface area contributed by atoms with E-state index >= 15 is 0 Å². The Morgan fingerprint density at radius 3 is 1.36 bits per heavy atom. The van der Waals surface area contributed by atoms with Gasteiger partial charge in [-0.05, 0) is 70.6 Å². The van der Waals surface area contributed by atoms with Crippen LogP contribution < -0.4 is 5.11 Å². The zero-order chi connectivity index (χ0) is 42.8. The molecule has 0 saturated carbocycles. The molecule has 0 aliphatic carbocycles. The van der Waals surface area contributed by atoms with Gasteiger partial charge in [-0.25, -0.2) is 0 Å². The number of aliphatic carboxylic acids is 1. The van der Waals surface area contributed by atoms with Gasteiger partial charge in [0.1, 0.15) is 12.6 Å². The van der Waals surface area contributed by atoms with Crippen molar-refractivity contribution in [3.05, 3.63) is 36.5 Å². The summed E-state index contributed by atoms with van der Waals surface area (Å²) in [5.74, 6) is -1.75. The Morgan fingerprint density at radius 2 is 0.914 bits per heavy atom. The Labute approximate surface area is 357 Å². The predicted molar refractivity (Wildman–Crippen MR) is 240 cm³/mol. The number of hydrogen-bond acceptors (Lipinski definition) is 7. The molecule has 0 bridgehead atoms. The third kappa shape index (κ3) is 39.0. The van der Waals surface area contributed by atoms with E-state index in [4.69, 9.17) is 14.2 Å². The number of carboxylic acids is 1. The van der Waals surface area contributed by atoms with Crippen molar-refractivity contribution in [2.75, 3.05) is 41.0 Å². The molecule has 0 aromatic heterocycles. The molecule has 2 unspecified atom stereocenters. The molecule has 0 rings (SSSR count). The van der Waals surface area contributed by atoms with Gasteiger partial charge >= 0.3 is 11.9 Å². The van der Waals surface area contributed by atoms with Crippen LogP contribution in [0.15, 0.2) is 36.5 Å². The van der Waals surface area contributed by atoms with E-state index in [9.17, 15) is 19.5 Å². The molecule has 0 radical (unpaired) electrons. The number of likely N-dealkylation sites (N-methyl/N-ethyl adjacent to an activating group) is 1. The highest BCUT2D eigenvalue weighted by molar-refractivity contribution is 5.70. The van der Waals surface area contributed by atoms with Crippen LogP contribution >= 0.6 is 0 Å². The molecule has 8 heteroatoms. The van der Waals surface area contributed by atoms with Crippen molar-refractivity contribution in [1.29, 1.82) is 0 Å². The maximum Gasteiger partial charge on any atom is 0.306 e. The van der Waals surface area contributed by atoms with E-state index in [2.05, 4.69) is 50.3 Å². The fraction of sp³-hybridized carbons (Fsp3) is 0.820. The summed E-state index contributed by atoms with van der Waals surface area (Å²) in [6.07, 6.45) is 47.3. The van der Waals surface area contributed by atoms with Crippen molar-refractivity contribution in [1.82, 2.24) is 0 Å². The normalized spacial score (nSPS) is 13.2. The molecule has 2 atom stereocenters. The van der Waals surface area contributed by atoms with Gasteiger partial charge in [0.25, 0.3) is 0 Å². The SMILES string of the molecule is CCCCCC/C=C\C/C=C\CCCCCCCC(=O)OC(COCCC(C(=O)[O-])[N+](C)(C)C)COC(=O)CCCCCCCCC/C=C\CCCCCCCCC. The first-order valence-corrected chi connectivity index (χ1v) is 24.0. The molecule has 338 valence electrons. The van der Waals surface area contributed by atoms with Gasteiger partial charge in [0.15, 0.2) is 6.10 Å². The third-order valence-electron chi connectivity index (χ3n) is 10.7. The molecule has 0 heterocycles. The monoisotopic (exact) mass is 818 g/mol. The van der Waals surface area contributed by atoms with E-state index in [0.717, 1.165) is 64.2 Å². The molecule has 0 spiro atoms. The van der Waals surface area contributed by atoms with Crippen LogP contribution in [0.5, 0.6) is 0 Å². The summed E-state index contributed by atoms with van der Waals surface area (Å²) in [5.41, 5.74) is 0. The van der Waals surface area contributed by atoms with Crippen molar-refractivity contribution in [3.63, 3.8) is 0 Å². The molecule has 0 aromatic rings. The standard InChI is InChI=1S/C50H91NO7/c1-6-8-10-12-14-16-18-20-22-24-25-27-28-30-32-34-36-38-40-48(52)57-45-46(44-56-43-42-47(50(54)55)51(3,4)5)58-49(53)41-39-37-35-33-31-29-26-23-21-19-17-15-13-11-9-7-2/h17,19,22-24,26,46-47H,6-16,18,20-21,25,27-45H2,1-5H3/b19-17-,24-22-,26-23-. The fourth-order valence-corrected chi connectivity index (χ4v) is 6.98. The average Bonchev–Trinajstić information content (AvgIpc) is 3.18. The predicted octanol–water partition coefficient (Wildman–Crippen LogP) is 12.1. The maximum absolute atomic E-state index is 12.7. The molecule has 0 N–H and O–H groups in total. The van der Waals surface area contributed by atoms with Gasteiger partial charge in [-0.2, -0.15) is 0 Å². The second-order valence-corrected chi connectivity index (χ2v) is 17.3. The van der Waals surface area contributed by atoms with Gasteiger partial charge in [0.05, 0.1) is 40.3 Å². The zero-order valence-electron chi connectivity index (χ0n) is 38.5. The molecule has 0 aliphatic heterocycles. The molecule has 0 amide bonds. The van der Waals surface area contributed by atoms with E-state index in [1.165, 1.54) is 116 Å². The molecule has 0 saturated heterocycles. The molecule has 8 nitrogen and oxygen atoms in total. The summed E-state index contributed by atoms with van der Waals surface area (Å²) in [5, 5.41) is 11.6. The molecule has 0 aromatic carbocycles. The summed E-state index contributed by atoms with van der Waals surface area (Å²) < 4.78 is 17.2. The zero-order valence-corrected chi connectivity index (χ0v) is 38.5. The van der Waals surface area contributed by atoms with Crippen LogP contribution in [0.25, 0.3) is 0 Å². The fourth-order valence-electron chi connectivity index (χ4n) is 6.98. The Balaban J connectivity index is 4.31. The minimum absolute atomic E-state index is 0.0349. The van der Waals surface area contributed by atoms with Crippen molar-refractivity contribution in [2.45, 2.75) is 225 Å². The quantitative estimate of drug-likeness (QED) is 0.0261. The van der Waals surface area contributed by atoms with Crippen LogP contribution in [-0.4, -0.2) is 75.5 Å². The number of rotatable bonds is 43. The van der Waals surface area contributed by atoms with E-state index in [1.807, 2.05) is 0 Å². The number of ether oxygens (including phenoxy) is 3. The number of carboxylic acid groups (broad SMARTS) is 1. The van der Waals surface area contributed by atoms with Crippen LogP contribution in [0.1, 0.15) is 213 Å². The van der Waals surface area contributed by atoms with Crippen LogP contribution in [0, 0.1) is 0 Å². The summed E-state index contributed by atoms with van der Waals surface area (Å²) >= 11 is 0. The minimum Gasteiger partial charge on any atom is -0.544 e. The number of carbonyl (C=O) groups excluding carboxylic acids is 3. The van der Waals surface area contributed by atoms with Gasteiger partial charge < -0.3 is 28.6 Å². The number of unbranched alkanes of at least 4 members (excludes halogenated alkanes) is 23. The number of hydrogen-bond donors (Lipinski definition) is 0. The van der Waals surface area contributed by atoms with Gasteiger partial charge in [-0.15, -0.1) is 0 Å². The number of allylic oxidation sites excluding steroid dienone is 6. The van der Waals surface area contributed by atoms with Gasteiger partial charge in [-0.1, -0.05) is 159 Å². The summed E-state index contributed by atoms with van der Waals surface area (Å²) in [7, 11) is 5.41. The Hall–Kier alpha value is -2.45. The largest absolute Gasteiger partial charge is 0.544 e. The van der Waals surface area contributed by atoms with Crippen molar-refractivity contribution in [2.24, 2.45) is 0 Å². The van der Waals surface area contributed by atoms with Crippen LogP contribution in [0.4, 0.5) is 0 Å². The second-order valence-electron chi connectivity index (χ2n) is 17.3. The minimum atomic E-state index is -1.13. The van der Waals surface area contributed by atoms with Crippen LogP contribution in [-0.2, 0) is 28.6 Å². The van der Waals surface area contributed by atoms with Crippen molar-refractivity contribution < 1.29 is 38.2 Å². The van der Waals surface area contributed by atoms with Gasteiger partial charge in [0, 0.05) is 19.3 Å².